The molecule has 0 atom stereocenters. The average Bonchev–Trinajstić information content (AvgIpc) is 2.40. The van der Waals surface area contributed by atoms with Crippen LogP contribution in [0.25, 0.3) is 0 Å². The van der Waals surface area contributed by atoms with Gasteiger partial charge in [-0.2, -0.15) is 0 Å². The maximum atomic E-state index is 12.2. The molecule has 0 saturated carbocycles. The van der Waals surface area contributed by atoms with E-state index in [0.717, 1.165) is 5.56 Å². The molecule has 5 heteroatoms. The summed E-state index contributed by atoms with van der Waals surface area (Å²) in [4.78, 5) is 16.5. The normalized spacial score (nSPS) is 10.6. The third kappa shape index (κ3) is 2.41. The molecule has 0 aliphatic rings. The summed E-state index contributed by atoms with van der Waals surface area (Å²) in [7, 11) is 1.72. The van der Waals surface area contributed by atoms with Crippen LogP contribution in [0, 0.1) is 0 Å². The van der Waals surface area contributed by atoms with Crippen LogP contribution >= 0.6 is 11.8 Å². The van der Waals surface area contributed by atoms with Crippen molar-refractivity contribution in [2.75, 3.05) is 12.0 Å². The SMILES string of the molecule is CSc1nc(N)c(Cc2ccccc2)c(=O)n1C. The van der Waals surface area contributed by atoms with Crippen LogP contribution in [-0.4, -0.2) is 15.8 Å². The maximum absolute atomic E-state index is 12.2. The number of rotatable bonds is 3. The molecule has 0 saturated heterocycles. The summed E-state index contributed by atoms with van der Waals surface area (Å²) in [6.07, 6.45) is 2.39. The molecular formula is C13H15N3OS. The largest absolute Gasteiger partial charge is 0.383 e. The van der Waals surface area contributed by atoms with Gasteiger partial charge in [-0.3, -0.25) is 9.36 Å². The molecule has 0 radical (unpaired) electrons. The molecule has 2 N–H and O–H groups in total. The number of anilines is 1. The minimum atomic E-state index is -0.0734. The van der Waals surface area contributed by atoms with Crippen LogP contribution in [0.2, 0.25) is 0 Å². The number of hydrogen-bond donors (Lipinski definition) is 1. The van der Waals surface area contributed by atoms with E-state index < -0.39 is 0 Å². The molecule has 0 aliphatic carbocycles. The highest BCUT2D eigenvalue weighted by Crippen LogP contribution is 2.15. The lowest BCUT2D eigenvalue weighted by Gasteiger charge is -2.10. The highest BCUT2D eigenvalue weighted by atomic mass is 32.2. The van der Waals surface area contributed by atoms with Gasteiger partial charge in [0.1, 0.15) is 5.82 Å². The second-order valence-corrected chi connectivity index (χ2v) is 4.76. The summed E-state index contributed by atoms with van der Waals surface area (Å²) in [6, 6.07) is 9.78. The molecule has 1 aromatic heterocycles. The Kier molecular flexibility index (Phi) is 3.72. The number of thioether (sulfide) groups is 1. The van der Waals surface area contributed by atoms with Crippen LogP contribution in [0.5, 0.6) is 0 Å². The fourth-order valence-corrected chi connectivity index (χ4v) is 2.34. The Labute approximate surface area is 110 Å². The average molecular weight is 261 g/mol. The van der Waals surface area contributed by atoms with Gasteiger partial charge in [0.25, 0.3) is 5.56 Å². The lowest BCUT2D eigenvalue weighted by atomic mass is 10.1. The van der Waals surface area contributed by atoms with Crippen LogP contribution in [0.4, 0.5) is 5.82 Å². The molecule has 18 heavy (non-hydrogen) atoms. The number of nitrogens with two attached hydrogens (primary N) is 1. The number of benzene rings is 1. The molecule has 2 aromatic rings. The Bertz CT molecular complexity index is 608. The molecule has 94 valence electrons. The predicted molar refractivity (Wildman–Crippen MR) is 74.9 cm³/mol. The van der Waals surface area contributed by atoms with Gasteiger partial charge in [0.05, 0.1) is 5.56 Å². The third-order valence-corrected chi connectivity index (χ3v) is 3.51. The number of nitrogen functional groups attached to an aromatic ring is 1. The Morgan fingerprint density at radius 1 is 1.33 bits per heavy atom. The molecule has 0 unspecified atom stereocenters. The van der Waals surface area contributed by atoms with E-state index in [-0.39, 0.29) is 5.56 Å². The van der Waals surface area contributed by atoms with Gasteiger partial charge < -0.3 is 5.73 Å². The minimum Gasteiger partial charge on any atom is -0.383 e. The van der Waals surface area contributed by atoms with E-state index in [0.29, 0.717) is 23.0 Å². The second kappa shape index (κ2) is 5.27. The van der Waals surface area contributed by atoms with Gasteiger partial charge in [0.2, 0.25) is 0 Å². The molecule has 0 aliphatic heterocycles. The van der Waals surface area contributed by atoms with Crippen LogP contribution < -0.4 is 11.3 Å². The topological polar surface area (TPSA) is 60.9 Å². The summed E-state index contributed by atoms with van der Waals surface area (Å²) in [6.45, 7) is 0. The highest BCUT2D eigenvalue weighted by Gasteiger charge is 2.12. The molecule has 0 amide bonds. The summed E-state index contributed by atoms with van der Waals surface area (Å²) < 4.78 is 1.54. The van der Waals surface area contributed by atoms with Crippen molar-refractivity contribution in [1.82, 2.24) is 9.55 Å². The van der Waals surface area contributed by atoms with Crippen molar-refractivity contribution in [3.63, 3.8) is 0 Å². The monoisotopic (exact) mass is 261 g/mol. The van der Waals surface area contributed by atoms with E-state index in [9.17, 15) is 4.79 Å². The first kappa shape index (κ1) is 12.7. The smallest absolute Gasteiger partial charge is 0.259 e. The van der Waals surface area contributed by atoms with Crippen LogP contribution in [0.1, 0.15) is 11.1 Å². The van der Waals surface area contributed by atoms with Crippen LogP contribution in [-0.2, 0) is 13.5 Å². The molecule has 0 fully saturated rings. The summed E-state index contributed by atoms with van der Waals surface area (Å²) in [5, 5.41) is 0.634. The molecule has 1 heterocycles. The van der Waals surface area contributed by atoms with Crippen molar-refractivity contribution in [2.24, 2.45) is 7.05 Å². The van der Waals surface area contributed by atoms with Gasteiger partial charge in [0, 0.05) is 13.5 Å². The Hall–Kier alpha value is -1.75. The van der Waals surface area contributed by atoms with E-state index in [1.807, 2.05) is 36.6 Å². The standard InChI is InChI=1S/C13H15N3OS/c1-16-12(17)10(11(14)15-13(16)18-2)8-9-6-4-3-5-7-9/h3-7H,8,14H2,1-2H3. The predicted octanol–water partition coefficient (Wildman–Crippen LogP) is 1.68. The minimum absolute atomic E-state index is 0.0734. The van der Waals surface area contributed by atoms with E-state index in [1.54, 1.807) is 11.6 Å². The first-order valence-electron chi connectivity index (χ1n) is 5.56. The Morgan fingerprint density at radius 2 is 2.00 bits per heavy atom. The molecule has 1 aromatic carbocycles. The maximum Gasteiger partial charge on any atom is 0.259 e. The Balaban J connectivity index is 2.46. The van der Waals surface area contributed by atoms with E-state index in [2.05, 4.69) is 4.98 Å². The van der Waals surface area contributed by atoms with Crippen molar-refractivity contribution in [3.8, 4) is 0 Å². The fourth-order valence-electron chi connectivity index (χ4n) is 1.79. The molecule has 4 nitrogen and oxygen atoms in total. The van der Waals surface area contributed by atoms with Crippen molar-refractivity contribution in [3.05, 3.63) is 51.8 Å². The summed E-state index contributed by atoms with van der Waals surface area (Å²) in [5.74, 6) is 0.325. The van der Waals surface area contributed by atoms with Crippen molar-refractivity contribution in [2.45, 2.75) is 11.6 Å². The quantitative estimate of drug-likeness (QED) is 0.674. The van der Waals surface area contributed by atoms with E-state index >= 15 is 0 Å². The van der Waals surface area contributed by atoms with Crippen LogP contribution in [0.3, 0.4) is 0 Å². The zero-order chi connectivity index (χ0) is 13.1. The first-order valence-corrected chi connectivity index (χ1v) is 6.79. The summed E-state index contributed by atoms with van der Waals surface area (Å²) in [5.41, 5.74) is 7.42. The van der Waals surface area contributed by atoms with Crippen molar-refractivity contribution < 1.29 is 0 Å². The zero-order valence-electron chi connectivity index (χ0n) is 10.4. The lowest BCUT2D eigenvalue weighted by molar-refractivity contribution is 0.701. The van der Waals surface area contributed by atoms with Gasteiger partial charge >= 0.3 is 0 Å². The lowest BCUT2D eigenvalue weighted by Crippen LogP contribution is -2.26. The second-order valence-electron chi connectivity index (χ2n) is 3.99. The molecule has 2 rings (SSSR count). The first-order chi connectivity index (χ1) is 8.63. The van der Waals surface area contributed by atoms with Gasteiger partial charge in [-0.25, -0.2) is 4.98 Å². The summed E-state index contributed by atoms with van der Waals surface area (Å²) >= 11 is 1.41. The van der Waals surface area contributed by atoms with Crippen molar-refractivity contribution in [1.29, 1.82) is 0 Å². The number of hydrogen-bond acceptors (Lipinski definition) is 4. The van der Waals surface area contributed by atoms with E-state index in [1.165, 1.54) is 11.8 Å². The molecular weight excluding hydrogens is 246 g/mol. The van der Waals surface area contributed by atoms with Gasteiger partial charge in [-0.05, 0) is 11.8 Å². The van der Waals surface area contributed by atoms with Crippen LogP contribution in [0.15, 0.2) is 40.3 Å². The Morgan fingerprint density at radius 3 is 2.61 bits per heavy atom. The van der Waals surface area contributed by atoms with E-state index in [4.69, 9.17) is 5.73 Å². The van der Waals surface area contributed by atoms with Crippen molar-refractivity contribution >= 4 is 17.6 Å². The third-order valence-electron chi connectivity index (χ3n) is 2.78. The van der Waals surface area contributed by atoms with Gasteiger partial charge in [-0.15, -0.1) is 0 Å². The fraction of sp³-hybridized carbons (Fsp3) is 0.231. The van der Waals surface area contributed by atoms with Gasteiger partial charge in [-0.1, -0.05) is 42.1 Å². The molecule has 0 bridgehead atoms. The number of nitrogens with zero attached hydrogens (tertiary/aromatic N) is 2. The zero-order valence-corrected chi connectivity index (χ0v) is 11.2. The molecule has 0 spiro atoms. The van der Waals surface area contributed by atoms with Gasteiger partial charge in [0.15, 0.2) is 5.16 Å². The highest BCUT2D eigenvalue weighted by molar-refractivity contribution is 7.98. The number of aromatic nitrogens is 2.